The summed E-state index contributed by atoms with van der Waals surface area (Å²) in [5.74, 6) is -0.299. The number of aromatic nitrogens is 4. The maximum Gasteiger partial charge on any atom is 0.410 e. The predicted octanol–water partition coefficient (Wildman–Crippen LogP) is 5.68. The van der Waals surface area contributed by atoms with E-state index in [1.54, 1.807) is 23.2 Å². The van der Waals surface area contributed by atoms with Gasteiger partial charge in [0.25, 0.3) is 0 Å². The number of hydrogen-bond donors (Lipinski definition) is 1. The fourth-order valence-electron chi connectivity index (χ4n) is 4.56. The number of benzene rings is 1. The second kappa shape index (κ2) is 7.97. The average Bonchev–Trinajstić information content (AvgIpc) is 3.33. The highest BCUT2D eigenvalue weighted by molar-refractivity contribution is 6.00. The molecule has 5 rings (SSSR count). The van der Waals surface area contributed by atoms with E-state index in [4.69, 9.17) is 9.84 Å². The van der Waals surface area contributed by atoms with Crippen LogP contribution in [0.1, 0.15) is 39.0 Å². The molecule has 1 atom stereocenters. The van der Waals surface area contributed by atoms with Gasteiger partial charge in [0.2, 0.25) is 0 Å². The Morgan fingerprint density at radius 2 is 1.94 bits per heavy atom. The quantitative estimate of drug-likeness (QED) is 0.417. The SMILES string of the molecule is Cc1c[nH]c2nccc(-c3c(-c4ccc(F)cc4)nn4c3CN(C(=O)OC(C)(C)C)[C@@H](C)C4)c12. The number of aromatic amines is 1. The largest absolute Gasteiger partial charge is 0.444 e. The lowest BCUT2D eigenvalue weighted by molar-refractivity contribution is 0.00914. The minimum absolute atomic E-state index is 0.0948. The molecule has 7 nitrogen and oxygen atoms in total. The van der Waals surface area contributed by atoms with Gasteiger partial charge < -0.3 is 9.72 Å². The van der Waals surface area contributed by atoms with E-state index >= 15 is 0 Å². The maximum atomic E-state index is 13.7. The summed E-state index contributed by atoms with van der Waals surface area (Å²) >= 11 is 0. The molecule has 0 aliphatic carbocycles. The number of ether oxygens (including phenoxy) is 1. The van der Waals surface area contributed by atoms with Crippen molar-refractivity contribution in [2.75, 3.05) is 0 Å². The molecule has 1 aromatic carbocycles. The first-order chi connectivity index (χ1) is 16.1. The maximum absolute atomic E-state index is 13.7. The van der Waals surface area contributed by atoms with Crippen molar-refractivity contribution in [3.63, 3.8) is 0 Å². The van der Waals surface area contributed by atoms with Crippen LogP contribution in [0.15, 0.2) is 42.7 Å². The first-order valence-corrected chi connectivity index (χ1v) is 11.4. The van der Waals surface area contributed by atoms with E-state index in [-0.39, 0.29) is 18.0 Å². The van der Waals surface area contributed by atoms with Gasteiger partial charge in [-0.3, -0.25) is 9.58 Å². The van der Waals surface area contributed by atoms with E-state index in [0.717, 1.165) is 44.7 Å². The fourth-order valence-corrected chi connectivity index (χ4v) is 4.56. The van der Waals surface area contributed by atoms with Crippen LogP contribution >= 0.6 is 0 Å². The monoisotopic (exact) mass is 461 g/mol. The third kappa shape index (κ3) is 3.83. The number of rotatable bonds is 2. The summed E-state index contributed by atoms with van der Waals surface area (Å²) in [6.07, 6.45) is 3.35. The summed E-state index contributed by atoms with van der Waals surface area (Å²) in [4.78, 5) is 22.5. The van der Waals surface area contributed by atoms with Gasteiger partial charge in [-0.25, -0.2) is 14.2 Å². The Kier molecular flexibility index (Phi) is 5.19. The third-order valence-electron chi connectivity index (χ3n) is 6.13. The minimum Gasteiger partial charge on any atom is -0.444 e. The minimum atomic E-state index is -0.587. The summed E-state index contributed by atoms with van der Waals surface area (Å²) in [6.45, 7) is 10.5. The molecule has 1 aliphatic rings. The van der Waals surface area contributed by atoms with Crippen LogP contribution in [-0.2, 0) is 17.8 Å². The molecule has 1 amide bonds. The molecular weight excluding hydrogens is 433 g/mol. The molecule has 0 unspecified atom stereocenters. The molecule has 0 spiro atoms. The summed E-state index contributed by atoms with van der Waals surface area (Å²) in [5.41, 5.74) is 5.64. The van der Waals surface area contributed by atoms with Crippen LogP contribution in [-0.4, -0.2) is 42.4 Å². The van der Waals surface area contributed by atoms with Crippen LogP contribution in [0, 0.1) is 12.7 Å². The van der Waals surface area contributed by atoms with Crippen molar-refractivity contribution < 1.29 is 13.9 Å². The number of amides is 1. The van der Waals surface area contributed by atoms with Gasteiger partial charge in [0.15, 0.2) is 0 Å². The Hall–Kier alpha value is -3.68. The van der Waals surface area contributed by atoms with Crippen LogP contribution in [0.4, 0.5) is 9.18 Å². The standard InChI is InChI=1S/C26H28FN5O2/c1-15-12-29-24-21(15)19(10-11-28-24)22-20-14-31(25(33)34-26(3,4)5)16(2)13-32(20)30-23(22)17-6-8-18(27)9-7-17/h6-12,16H,13-14H2,1-5H3,(H,28,29)/t16-/m0/s1. The highest BCUT2D eigenvalue weighted by Gasteiger charge is 2.34. The van der Waals surface area contributed by atoms with E-state index in [2.05, 4.69) is 9.97 Å². The van der Waals surface area contributed by atoms with Crippen molar-refractivity contribution in [2.24, 2.45) is 0 Å². The Balaban J connectivity index is 1.71. The molecule has 0 saturated heterocycles. The van der Waals surface area contributed by atoms with Crippen molar-refractivity contribution in [1.29, 1.82) is 0 Å². The van der Waals surface area contributed by atoms with Crippen molar-refractivity contribution in [3.8, 4) is 22.4 Å². The molecule has 8 heteroatoms. The average molecular weight is 462 g/mol. The first-order valence-electron chi connectivity index (χ1n) is 11.4. The molecule has 0 saturated carbocycles. The van der Waals surface area contributed by atoms with Gasteiger partial charge in [-0.05, 0) is 76.1 Å². The smallest absolute Gasteiger partial charge is 0.410 e. The van der Waals surface area contributed by atoms with E-state index in [0.29, 0.717) is 13.1 Å². The topological polar surface area (TPSA) is 76.0 Å². The first kappa shape index (κ1) is 22.1. The predicted molar refractivity (Wildman–Crippen MR) is 129 cm³/mol. The lowest BCUT2D eigenvalue weighted by atomic mass is 9.95. The molecule has 34 heavy (non-hydrogen) atoms. The zero-order valence-corrected chi connectivity index (χ0v) is 20.0. The molecule has 1 N–H and O–H groups in total. The number of carbonyl (C=O) groups excluding carboxylic acids is 1. The highest BCUT2D eigenvalue weighted by Crippen LogP contribution is 2.41. The molecule has 4 heterocycles. The van der Waals surface area contributed by atoms with E-state index < -0.39 is 5.60 Å². The van der Waals surface area contributed by atoms with Crippen molar-refractivity contribution in [1.82, 2.24) is 24.6 Å². The van der Waals surface area contributed by atoms with E-state index in [9.17, 15) is 9.18 Å². The van der Waals surface area contributed by atoms with Gasteiger partial charge in [0.05, 0.1) is 24.8 Å². The Bertz CT molecular complexity index is 1380. The van der Waals surface area contributed by atoms with E-state index in [1.165, 1.54) is 12.1 Å². The normalized spacial score (nSPS) is 16.1. The number of hydrogen-bond acceptors (Lipinski definition) is 4. The second-order valence-corrected chi connectivity index (χ2v) is 9.87. The van der Waals surface area contributed by atoms with Gasteiger partial charge in [0, 0.05) is 28.9 Å². The number of halogens is 1. The van der Waals surface area contributed by atoms with Crippen molar-refractivity contribution >= 4 is 17.1 Å². The van der Waals surface area contributed by atoms with Crippen LogP contribution < -0.4 is 0 Å². The lowest BCUT2D eigenvalue weighted by Crippen LogP contribution is -2.47. The number of pyridine rings is 1. The molecule has 0 bridgehead atoms. The summed E-state index contributed by atoms with van der Waals surface area (Å²) < 4.78 is 21.4. The number of aryl methyl sites for hydroxylation is 1. The zero-order valence-electron chi connectivity index (χ0n) is 20.0. The van der Waals surface area contributed by atoms with Crippen molar-refractivity contribution in [3.05, 3.63) is 59.8 Å². The number of nitrogens with one attached hydrogen (secondary N) is 1. The molecule has 0 radical (unpaired) electrons. The van der Waals surface area contributed by atoms with Gasteiger partial charge >= 0.3 is 6.09 Å². The fraction of sp³-hybridized carbons (Fsp3) is 0.346. The van der Waals surface area contributed by atoms with Gasteiger partial charge in [-0.2, -0.15) is 5.10 Å². The number of fused-ring (bicyclic) bond motifs is 2. The van der Waals surface area contributed by atoms with Crippen LogP contribution in [0.2, 0.25) is 0 Å². The summed E-state index contributed by atoms with van der Waals surface area (Å²) in [6, 6.07) is 8.25. The lowest BCUT2D eigenvalue weighted by Gasteiger charge is -2.35. The summed E-state index contributed by atoms with van der Waals surface area (Å²) in [7, 11) is 0. The Labute approximate surface area is 197 Å². The van der Waals surface area contributed by atoms with Gasteiger partial charge in [-0.1, -0.05) is 0 Å². The molecule has 4 aromatic rings. The van der Waals surface area contributed by atoms with Gasteiger partial charge in [-0.15, -0.1) is 0 Å². The van der Waals surface area contributed by atoms with Crippen LogP contribution in [0.25, 0.3) is 33.4 Å². The highest BCUT2D eigenvalue weighted by atomic mass is 19.1. The Morgan fingerprint density at radius 1 is 1.21 bits per heavy atom. The molecule has 1 aliphatic heterocycles. The molecule has 0 fully saturated rings. The Morgan fingerprint density at radius 3 is 2.65 bits per heavy atom. The third-order valence-corrected chi connectivity index (χ3v) is 6.13. The molecule has 3 aromatic heterocycles. The molecular formula is C26H28FN5O2. The van der Waals surface area contributed by atoms with E-state index in [1.807, 2.05) is 51.6 Å². The van der Waals surface area contributed by atoms with Crippen molar-refractivity contribution in [2.45, 2.75) is 59.4 Å². The van der Waals surface area contributed by atoms with Gasteiger partial charge in [0.1, 0.15) is 22.8 Å². The number of nitrogens with zero attached hydrogens (tertiary/aromatic N) is 4. The number of carbonyl (C=O) groups is 1. The van der Waals surface area contributed by atoms with Crippen LogP contribution in [0.3, 0.4) is 0 Å². The second-order valence-electron chi connectivity index (χ2n) is 9.87. The number of H-pyrrole nitrogens is 1. The summed E-state index contributed by atoms with van der Waals surface area (Å²) in [5, 5.41) is 5.96. The van der Waals surface area contributed by atoms with Crippen LogP contribution in [0.5, 0.6) is 0 Å². The zero-order chi connectivity index (χ0) is 24.2. The molecule has 176 valence electrons.